The van der Waals surface area contributed by atoms with Crippen LogP contribution in [0.2, 0.25) is 0 Å². The fourth-order valence-corrected chi connectivity index (χ4v) is 3.93. The minimum Gasteiger partial charge on any atom is -0.478 e. The number of carboxylic acids is 1. The summed E-state index contributed by atoms with van der Waals surface area (Å²) in [5.41, 5.74) is 5.43. The van der Waals surface area contributed by atoms with Gasteiger partial charge in [0.15, 0.2) is 0 Å². The molecule has 9 nitrogen and oxygen atoms in total. The molecular weight excluding hydrogens is 438 g/mol. The minimum absolute atomic E-state index is 0.343. The second-order valence-electron chi connectivity index (χ2n) is 7.34. The smallest absolute Gasteiger partial charge is 0.370 e. The van der Waals surface area contributed by atoms with E-state index >= 15 is 0 Å². The highest BCUT2D eigenvalue weighted by molar-refractivity contribution is 6.06. The van der Waals surface area contributed by atoms with Crippen molar-refractivity contribution in [3.63, 3.8) is 0 Å². The third-order valence-corrected chi connectivity index (χ3v) is 5.48. The monoisotopic (exact) mass is 461 g/mol. The molecule has 0 aliphatic carbocycles. The van der Waals surface area contributed by atoms with Gasteiger partial charge in [-0.2, -0.15) is 4.40 Å². The molecule has 0 saturated heterocycles. The SMILES string of the molecule is CCN(CC)c1n2c3cc(C)c(C)cc3c(C(=O)O)cc2c2cccc[n+]12.[O-][Cl+3]([O-])([O-])[O-]. The zero-order valence-electron chi connectivity index (χ0n) is 18.2. The number of halogens is 1. The Balaban J connectivity index is 0.000000523. The third-order valence-electron chi connectivity index (χ3n) is 5.48. The van der Waals surface area contributed by atoms with Crippen molar-refractivity contribution in [2.24, 2.45) is 0 Å². The van der Waals surface area contributed by atoms with Gasteiger partial charge in [-0.15, -0.1) is 10.2 Å². The lowest BCUT2D eigenvalue weighted by molar-refractivity contribution is -2.00. The molecule has 1 N–H and O–H groups in total. The number of aryl methyl sites for hydroxylation is 2. The topological polar surface area (TPSA) is 141 Å². The maximum atomic E-state index is 12.0. The van der Waals surface area contributed by atoms with Crippen molar-refractivity contribution >= 4 is 33.9 Å². The van der Waals surface area contributed by atoms with Gasteiger partial charge in [0.1, 0.15) is 16.6 Å². The molecule has 0 radical (unpaired) electrons. The van der Waals surface area contributed by atoms with Crippen LogP contribution in [0.1, 0.15) is 35.3 Å². The van der Waals surface area contributed by atoms with Crippen molar-refractivity contribution in [2.45, 2.75) is 27.7 Å². The summed E-state index contributed by atoms with van der Waals surface area (Å²) < 4.78 is 38.3. The summed E-state index contributed by atoms with van der Waals surface area (Å²) in [7, 11) is -4.94. The highest BCUT2D eigenvalue weighted by Crippen LogP contribution is 2.30. The normalized spacial score (nSPS) is 11.6. The Morgan fingerprint density at radius 2 is 1.62 bits per heavy atom. The molecule has 0 aliphatic rings. The minimum atomic E-state index is -4.94. The number of aromatic nitrogens is 2. The second kappa shape index (κ2) is 8.89. The first kappa shape index (κ1) is 23.7. The Morgan fingerprint density at radius 3 is 2.19 bits per heavy atom. The molecule has 0 atom stereocenters. The van der Waals surface area contributed by atoms with Gasteiger partial charge in [0, 0.05) is 5.39 Å². The fraction of sp³-hybridized carbons (Fsp3) is 0.273. The van der Waals surface area contributed by atoms with Gasteiger partial charge in [0.05, 0.1) is 24.8 Å². The molecule has 32 heavy (non-hydrogen) atoms. The summed E-state index contributed by atoms with van der Waals surface area (Å²) in [5, 5.41) is 10.6. The molecule has 0 aliphatic heterocycles. The number of nitrogens with zero attached hydrogens (tertiary/aromatic N) is 3. The average molecular weight is 462 g/mol. The predicted octanol–water partition coefficient (Wildman–Crippen LogP) is -0.764. The number of carbonyl (C=O) groups is 1. The summed E-state index contributed by atoms with van der Waals surface area (Å²) >= 11 is 0. The van der Waals surface area contributed by atoms with E-state index < -0.39 is 16.2 Å². The second-order valence-corrected chi connectivity index (χ2v) is 8.10. The maximum Gasteiger partial charge on any atom is 0.370 e. The lowest BCUT2D eigenvalue weighted by Gasteiger charge is -2.17. The summed E-state index contributed by atoms with van der Waals surface area (Å²) in [6.07, 6.45) is 2.04. The van der Waals surface area contributed by atoms with Gasteiger partial charge in [-0.1, -0.05) is 6.07 Å². The molecule has 0 spiro atoms. The van der Waals surface area contributed by atoms with Crippen LogP contribution in [0, 0.1) is 24.1 Å². The van der Waals surface area contributed by atoms with E-state index in [0.717, 1.165) is 52.1 Å². The Labute approximate surface area is 186 Å². The lowest BCUT2D eigenvalue weighted by Crippen LogP contribution is -2.68. The summed E-state index contributed by atoms with van der Waals surface area (Å²) in [4.78, 5) is 14.3. The number of fused-ring (bicyclic) bond motifs is 5. The lowest BCUT2D eigenvalue weighted by atomic mass is 10.0. The van der Waals surface area contributed by atoms with Gasteiger partial charge in [0.2, 0.25) is 0 Å². The van der Waals surface area contributed by atoms with Crippen LogP contribution in [-0.2, 0) is 0 Å². The molecule has 0 unspecified atom stereocenters. The molecule has 4 aromatic rings. The average Bonchev–Trinajstić information content (AvgIpc) is 3.03. The van der Waals surface area contributed by atoms with E-state index in [1.807, 2.05) is 43.5 Å². The standard InChI is InChI=1S/C22H23N3O2.ClHO4/c1-5-23(6-2)22-24-10-8-7-9-18(24)20-13-17(21(26)27)16-11-14(3)15(4)12-19(16)25(20)22;2-1(3,4)5/h7-13H,5-6H2,1-4H3;(H,2,3,4,5). The summed E-state index contributed by atoms with van der Waals surface area (Å²) in [6, 6.07) is 12.0. The van der Waals surface area contributed by atoms with Gasteiger partial charge in [-0.3, -0.25) is 4.90 Å². The van der Waals surface area contributed by atoms with E-state index in [-0.39, 0.29) is 0 Å². The van der Waals surface area contributed by atoms with Crippen LogP contribution in [0.5, 0.6) is 0 Å². The van der Waals surface area contributed by atoms with Crippen LogP contribution in [0.4, 0.5) is 5.95 Å². The molecule has 0 saturated carbocycles. The molecule has 170 valence electrons. The van der Waals surface area contributed by atoms with Crippen LogP contribution < -0.4 is 27.9 Å². The molecule has 0 amide bonds. The predicted molar refractivity (Wildman–Crippen MR) is 108 cm³/mol. The number of rotatable bonds is 4. The first-order valence-corrected chi connectivity index (χ1v) is 11.2. The van der Waals surface area contributed by atoms with E-state index in [2.05, 4.69) is 40.5 Å². The van der Waals surface area contributed by atoms with Crippen LogP contribution in [0.25, 0.3) is 21.9 Å². The van der Waals surface area contributed by atoms with Crippen LogP contribution in [0.3, 0.4) is 0 Å². The largest absolute Gasteiger partial charge is 0.478 e. The number of imidazole rings is 1. The Bertz CT molecular complexity index is 1300. The molecule has 0 fully saturated rings. The Kier molecular flexibility index (Phi) is 6.59. The third kappa shape index (κ3) is 4.47. The number of hydrogen-bond acceptors (Lipinski definition) is 6. The Morgan fingerprint density at radius 1 is 1.03 bits per heavy atom. The van der Waals surface area contributed by atoms with Crippen LogP contribution in [-0.4, -0.2) is 28.6 Å². The number of benzene rings is 1. The van der Waals surface area contributed by atoms with Crippen molar-refractivity contribution in [3.05, 3.63) is 59.3 Å². The van der Waals surface area contributed by atoms with Crippen molar-refractivity contribution in [3.8, 4) is 0 Å². The highest BCUT2D eigenvalue weighted by atomic mass is 35.7. The van der Waals surface area contributed by atoms with Gasteiger partial charge in [0.25, 0.3) is 0 Å². The van der Waals surface area contributed by atoms with Gasteiger partial charge in [-0.25, -0.2) is 27.8 Å². The number of hydrogen-bond donors (Lipinski definition) is 1. The molecule has 4 rings (SSSR count). The number of carboxylic acid groups (broad SMARTS) is 1. The molecular formula is C22H24ClN3O6. The fourth-order valence-electron chi connectivity index (χ4n) is 3.93. The zero-order chi connectivity index (χ0) is 23.8. The maximum absolute atomic E-state index is 12.0. The van der Waals surface area contributed by atoms with Crippen LogP contribution >= 0.6 is 0 Å². The van der Waals surface area contributed by atoms with Crippen molar-refractivity contribution in [1.82, 2.24) is 4.40 Å². The number of anilines is 1. The van der Waals surface area contributed by atoms with Crippen molar-refractivity contribution < 1.29 is 43.2 Å². The summed E-state index contributed by atoms with van der Waals surface area (Å²) in [6.45, 7) is 10.1. The van der Waals surface area contributed by atoms with E-state index in [9.17, 15) is 9.90 Å². The molecule has 3 heterocycles. The molecule has 3 aromatic heterocycles. The van der Waals surface area contributed by atoms with Crippen LogP contribution in [0.15, 0.2) is 42.6 Å². The van der Waals surface area contributed by atoms with E-state index in [0.29, 0.717) is 5.56 Å². The van der Waals surface area contributed by atoms with E-state index in [4.69, 9.17) is 18.6 Å². The quantitative estimate of drug-likeness (QED) is 0.393. The Hall–Kier alpha value is -2.95. The molecule has 10 heteroatoms. The zero-order valence-corrected chi connectivity index (χ0v) is 18.9. The highest BCUT2D eigenvalue weighted by Gasteiger charge is 2.27. The summed E-state index contributed by atoms with van der Waals surface area (Å²) in [5.74, 6) is 0.154. The molecule has 1 aromatic carbocycles. The van der Waals surface area contributed by atoms with Gasteiger partial charge >= 0.3 is 11.9 Å². The van der Waals surface area contributed by atoms with Gasteiger partial charge < -0.3 is 5.11 Å². The van der Waals surface area contributed by atoms with Crippen molar-refractivity contribution in [2.75, 3.05) is 18.0 Å². The number of aromatic carboxylic acids is 1. The first-order valence-electron chi connectivity index (χ1n) is 9.96. The van der Waals surface area contributed by atoms with E-state index in [1.54, 1.807) is 0 Å². The van der Waals surface area contributed by atoms with Gasteiger partial charge in [-0.05, 0) is 69.2 Å². The van der Waals surface area contributed by atoms with Crippen molar-refractivity contribution in [1.29, 1.82) is 0 Å². The molecule has 0 bridgehead atoms. The van der Waals surface area contributed by atoms with E-state index in [1.165, 1.54) is 0 Å². The first-order chi connectivity index (χ1) is 15.0. The number of pyridine rings is 2.